The van der Waals surface area contributed by atoms with E-state index < -0.39 is 17.8 Å². The van der Waals surface area contributed by atoms with Crippen LogP contribution in [0.5, 0.6) is 0 Å². The number of benzene rings is 1. The molecule has 1 unspecified atom stereocenters. The predicted molar refractivity (Wildman–Crippen MR) is 108 cm³/mol. The summed E-state index contributed by atoms with van der Waals surface area (Å²) in [5.41, 5.74) is 2.50. The van der Waals surface area contributed by atoms with Gasteiger partial charge in [-0.15, -0.1) is 5.92 Å². The fourth-order valence-electron chi connectivity index (χ4n) is 3.23. The van der Waals surface area contributed by atoms with E-state index in [0.717, 1.165) is 17.3 Å². The Kier molecular flexibility index (Phi) is 5.19. The van der Waals surface area contributed by atoms with Crippen molar-refractivity contribution in [1.29, 1.82) is 0 Å². The van der Waals surface area contributed by atoms with E-state index in [-0.39, 0.29) is 5.56 Å². The number of allylic oxidation sites excluding steroid dienone is 3. The molecule has 0 amide bonds. The number of nitrogens with zero attached hydrogens (tertiary/aromatic N) is 5. The number of aromatic nitrogens is 2. The summed E-state index contributed by atoms with van der Waals surface area (Å²) in [6.45, 7) is 3.98. The van der Waals surface area contributed by atoms with E-state index >= 15 is 0 Å². The van der Waals surface area contributed by atoms with E-state index in [1.807, 2.05) is 30.3 Å². The summed E-state index contributed by atoms with van der Waals surface area (Å²) in [5.74, 6) is 4.81. The molecule has 6 nitrogen and oxygen atoms in total. The predicted octanol–water partition coefficient (Wildman–Crippen LogP) is 4.03. The van der Waals surface area contributed by atoms with E-state index in [4.69, 9.17) is 4.52 Å². The lowest BCUT2D eigenvalue weighted by Crippen LogP contribution is -2.25. The van der Waals surface area contributed by atoms with Gasteiger partial charge in [0.2, 0.25) is 5.89 Å². The van der Waals surface area contributed by atoms with Gasteiger partial charge in [0.1, 0.15) is 6.54 Å². The summed E-state index contributed by atoms with van der Waals surface area (Å²) in [6, 6.07) is 4.12. The van der Waals surface area contributed by atoms with Gasteiger partial charge in [-0.05, 0) is 32.1 Å². The van der Waals surface area contributed by atoms with Crippen molar-refractivity contribution in [3.8, 4) is 11.8 Å². The number of rotatable bonds is 4. The van der Waals surface area contributed by atoms with Crippen LogP contribution in [-0.4, -0.2) is 32.7 Å². The van der Waals surface area contributed by atoms with Crippen LogP contribution in [0.2, 0.25) is 0 Å². The molecular weight excluding hydrogens is 388 g/mol. The van der Waals surface area contributed by atoms with Gasteiger partial charge in [-0.3, -0.25) is 4.99 Å². The highest BCUT2D eigenvalue weighted by molar-refractivity contribution is 6.09. The zero-order valence-electron chi connectivity index (χ0n) is 16.7. The Balaban J connectivity index is 1.52. The zero-order valence-corrected chi connectivity index (χ0v) is 16.7. The molecule has 0 spiro atoms. The Morgan fingerprint density at radius 2 is 2.17 bits per heavy atom. The molecule has 0 fully saturated rings. The van der Waals surface area contributed by atoms with Crippen molar-refractivity contribution in [3.63, 3.8) is 0 Å². The first-order chi connectivity index (χ1) is 14.5. The molecule has 0 saturated heterocycles. The van der Waals surface area contributed by atoms with Crippen molar-refractivity contribution in [3.05, 3.63) is 77.4 Å². The van der Waals surface area contributed by atoms with Crippen LogP contribution in [0, 0.1) is 23.5 Å². The van der Waals surface area contributed by atoms with Crippen molar-refractivity contribution < 1.29 is 13.3 Å². The number of halogens is 2. The molecule has 0 aliphatic carbocycles. The normalized spacial score (nSPS) is 18.0. The lowest BCUT2D eigenvalue weighted by Gasteiger charge is -2.25. The number of hydrogen-bond acceptors (Lipinski definition) is 6. The smallest absolute Gasteiger partial charge is 0.246 e. The van der Waals surface area contributed by atoms with Crippen molar-refractivity contribution in [2.24, 2.45) is 4.99 Å². The quantitative estimate of drug-likeness (QED) is 0.717. The molecule has 0 bridgehead atoms. The first-order valence-corrected chi connectivity index (χ1v) is 9.30. The maximum absolute atomic E-state index is 14.3. The van der Waals surface area contributed by atoms with Crippen LogP contribution in [-0.2, 0) is 6.54 Å². The molecule has 2 aromatic rings. The Hall–Kier alpha value is -3.73. The molecule has 8 heteroatoms. The van der Waals surface area contributed by atoms with Crippen molar-refractivity contribution in [2.45, 2.75) is 26.6 Å². The molecular formula is C22H19F2N5O. The van der Waals surface area contributed by atoms with Crippen LogP contribution >= 0.6 is 0 Å². The standard InChI is InChI=1S/C22H19F2N5O/c1-4-5-7-14(2)21-26-19(30-27-21)13-29-11-10-17-18(12-29)28(3)22(25-17)15-8-6-9-16(23)20(15)24/h6-12,22H,13H2,1-3H3/b14-7+. The van der Waals surface area contributed by atoms with Crippen molar-refractivity contribution in [2.75, 3.05) is 7.05 Å². The molecule has 0 N–H and O–H groups in total. The lowest BCUT2D eigenvalue weighted by molar-refractivity contribution is 0.315. The van der Waals surface area contributed by atoms with Gasteiger partial charge in [-0.1, -0.05) is 23.2 Å². The summed E-state index contributed by atoms with van der Waals surface area (Å²) < 4.78 is 33.2. The van der Waals surface area contributed by atoms with Gasteiger partial charge in [0.25, 0.3) is 0 Å². The van der Waals surface area contributed by atoms with Crippen LogP contribution in [0.15, 0.2) is 58.0 Å². The minimum absolute atomic E-state index is 0.194. The van der Waals surface area contributed by atoms with Crippen LogP contribution in [0.25, 0.3) is 5.57 Å². The Bertz CT molecular complexity index is 1170. The first kappa shape index (κ1) is 19.6. The molecule has 0 saturated carbocycles. The topological polar surface area (TPSA) is 57.8 Å². The third kappa shape index (κ3) is 3.62. The monoisotopic (exact) mass is 407 g/mol. The van der Waals surface area contributed by atoms with Crippen LogP contribution in [0.3, 0.4) is 0 Å². The van der Waals surface area contributed by atoms with Crippen molar-refractivity contribution >= 4 is 11.3 Å². The molecule has 0 radical (unpaired) electrons. The highest BCUT2D eigenvalue weighted by atomic mass is 19.2. The minimum Gasteiger partial charge on any atom is -0.346 e. The summed E-state index contributed by atoms with van der Waals surface area (Å²) in [4.78, 5) is 12.6. The van der Waals surface area contributed by atoms with Gasteiger partial charge < -0.3 is 14.3 Å². The summed E-state index contributed by atoms with van der Waals surface area (Å²) in [7, 11) is 1.79. The molecule has 4 rings (SSSR count). The highest BCUT2D eigenvalue weighted by Crippen LogP contribution is 2.35. The van der Waals surface area contributed by atoms with Gasteiger partial charge in [-0.2, -0.15) is 4.98 Å². The third-order valence-electron chi connectivity index (χ3n) is 4.81. The van der Waals surface area contributed by atoms with Gasteiger partial charge >= 0.3 is 0 Å². The summed E-state index contributed by atoms with van der Waals surface area (Å²) in [5, 5.41) is 3.98. The van der Waals surface area contributed by atoms with Crippen LogP contribution < -0.4 is 0 Å². The SMILES string of the molecule is CC#C/C=C(\C)c1noc(CN2C=CC3=NC(c4cccc(F)c4F)N(C)C3=C2)n1. The second-order valence-corrected chi connectivity index (χ2v) is 6.88. The van der Waals surface area contributed by atoms with E-state index in [1.54, 1.807) is 31.0 Å². The van der Waals surface area contributed by atoms with E-state index in [0.29, 0.717) is 24.0 Å². The molecule has 2 aliphatic rings. The Labute approximate surface area is 172 Å². The summed E-state index contributed by atoms with van der Waals surface area (Å²) >= 11 is 0. The summed E-state index contributed by atoms with van der Waals surface area (Å²) in [6.07, 6.45) is 6.62. The zero-order chi connectivity index (χ0) is 21.3. The third-order valence-corrected chi connectivity index (χ3v) is 4.81. The second-order valence-electron chi connectivity index (χ2n) is 6.88. The van der Waals surface area contributed by atoms with E-state index in [2.05, 4.69) is 27.0 Å². The molecule has 30 heavy (non-hydrogen) atoms. The maximum Gasteiger partial charge on any atom is 0.246 e. The number of fused-ring (bicyclic) bond motifs is 1. The largest absolute Gasteiger partial charge is 0.346 e. The molecule has 1 atom stereocenters. The number of hydrogen-bond donors (Lipinski definition) is 0. The lowest BCUT2D eigenvalue weighted by atomic mass is 10.1. The molecule has 3 heterocycles. The fraction of sp³-hybridized carbons (Fsp3) is 0.227. The average Bonchev–Trinajstić information content (AvgIpc) is 3.33. The molecule has 152 valence electrons. The van der Waals surface area contributed by atoms with Gasteiger partial charge in [0.15, 0.2) is 23.6 Å². The van der Waals surface area contributed by atoms with E-state index in [1.165, 1.54) is 6.07 Å². The highest BCUT2D eigenvalue weighted by Gasteiger charge is 2.32. The van der Waals surface area contributed by atoms with Crippen molar-refractivity contribution in [1.82, 2.24) is 19.9 Å². The average molecular weight is 407 g/mol. The van der Waals surface area contributed by atoms with Gasteiger partial charge in [0, 0.05) is 30.6 Å². The van der Waals surface area contributed by atoms with Gasteiger partial charge in [0.05, 0.1) is 11.4 Å². The van der Waals surface area contributed by atoms with Gasteiger partial charge in [-0.25, -0.2) is 8.78 Å². The first-order valence-electron chi connectivity index (χ1n) is 9.30. The van der Waals surface area contributed by atoms with Crippen LogP contribution in [0.1, 0.15) is 37.3 Å². The number of aliphatic imine (C=N–C) groups is 1. The van der Waals surface area contributed by atoms with E-state index in [9.17, 15) is 8.78 Å². The molecule has 1 aromatic carbocycles. The van der Waals surface area contributed by atoms with Crippen LogP contribution in [0.4, 0.5) is 8.78 Å². The Morgan fingerprint density at radius 3 is 2.97 bits per heavy atom. The minimum atomic E-state index is -0.886. The molecule has 1 aromatic heterocycles. The second kappa shape index (κ2) is 7.95. The fourth-order valence-corrected chi connectivity index (χ4v) is 3.23. The molecule has 2 aliphatic heterocycles. The Morgan fingerprint density at radius 1 is 1.33 bits per heavy atom. The maximum atomic E-state index is 14.3.